The largest absolute Gasteiger partial charge is 0.444 e. The molecule has 1 aromatic carbocycles. The van der Waals surface area contributed by atoms with Gasteiger partial charge in [0.05, 0.1) is 12.1 Å². The van der Waals surface area contributed by atoms with Crippen molar-refractivity contribution in [2.75, 3.05) is 0 Å². The summed E-state index contributed by atoms with van der Waals surface area (Å²) < 4.78 is 5.62. The van der Waals surface area contributed by atoms with Crippen LogP contribution in [-0.2, 0) is 11.2 Å². The van der Waals surface area contributed by atoms with Gasteiger partial charge < -0.3 is 15.6 Å². The summed E-state index contributed by atoms with van der Waals surface area (Å²) in [4.78, 5) is 14.6. The molecule has 1 aliphatic rings. The van der Waals surface area contributed by atoms with E-state index in [1.54, 1.807) is 4.90 Å². The summed E-state index contributed by atoms with van der Waals surface area (Å²) in [6.07, 6.45) is 2.97. The maximum Gasteiger partial charge on any atom is 0.410 e. The first-order valence-electron chi connectivity index (χ1n) is 9.71. The molecule has 0 radical (unpaired) electrons. The summed E-state index contributed by atoms with van der Waals surface area (Å²) >= 11 is 0. The number of nitrogens with two attached hydrogens (primary N) is 1. The molecule has 1 aliphatic heterocycles. The number of aliphatic hydroxyl groups is 1. The minimum Gasteiger partial charge on any atom is -0.444 e. The average molecular weight is 363 g/mol. The van der Waals surface area contributed by atoms with Crippen LogP contribution in [0, 0.1) is 0 Å². The van der Waals surface area contributed by atoms with E-state index in [4.69, 9.17) is 10.5 Å². The molecule has 26 heavy (non-hydrogen) atoms. The van der Waals surface area contributed by atoms with Crippen molar-refractivity contribution in [1.82, 2.24) is 4.90 Å². The van der Waals surface area contributed by atoms with E-state index in [0.717, 1.165) is 31.2 Å². The lowest BCUT2D eigenvalue weighted by atomic mass is 9.87. The molecule has 5 heteroatoms. The van der Waals surface area contributed by atoms with E-state index >= 15 is 0 Å². The third kappa shape index (κ3) is 5.45. The van der Waals surface area contributed by atoms with Gasteiger partial charge in [0.1, 0.15) is 5.60 Å². The van der Waals surface area contributed by atoms with Crippen LogP contribution in [0.15, 0.2) is 30.3 Å². The zero-order chi connectivity index (χ0) is 19.3. The van der Waals surface area contributed by atoms with Gasteiger partial charge in [0.15, 0.2) is 0 Å². The lowest BCUT2D eigenvalue weighted by Gasteiger charge is -2.45. The fourth-order valence-corrected chi connectivity index (χ4v) is 3.74. The van der Waals surface area contributed by atoms with Crippen molar-refractivity contribution in [2.45, 2.75) is 89.6 Å². The van der Waals surface area contributed by atoms with E-state index < -0.39 is 17.7 Å². The second kappa shape index (κ2) is 8.87. The molecule has 0 aromatic heterocycles. The number of carbonyl (C=O) groups excluding carboxylic acids is 1. The first-order chi connectivity index (χ1) is 12.2. The van der Waals surface area contributed by atoms with Gasteiger partial charge in [-0.2, -0.15) is 0 Å². The minimum absolute atomic E-state index is 0.0853. The predicted octanol–water partition coefficient (Wildman–Crippen LogP) is 3.49. The number of rotatable bonds is 5. The molecule has 0 saturated carbocycles. The van der Waals surface area contributed by atoms with Crippen molar-refractivity contribution in [1.29, 1.82) is 0 Å². The Morgan fingerprint density at radius 1 is 1.31 bits per heavy atom. The number of benzene rings is 1. The van der Waals surface area contributed by atoms with Gasteiger partial charge in [0.25, 0.3) is 0 Å². The highest BCUT2D eigenvalue weighted by atomic mass is 16.6. The summed E-state index contributed by atoms with van der Waals surface area (Å²) in [6, 6.07) is 9.27. The molecular weight excluding hydrogens is 328 g/mol. The minimum atomic E-state index is -0.780. The highest BCUT2D eigenvalue weighted by Gasteiger charge is 2.41. The van der Waals surface area contributed by atoms with Crippen LogP contribution in [0.5, 0.6) is 0 Å². The number of hydrogen-bond donors (Lipinski definition) is 2. The summed E-state index contributed by atoms with van der Waals surface area (Å²) in [5.41, 5.74) is 6.86. The molecule has 0 bridgehead atoms. The molecule has 3 N–H and O–H groups in total. The smallest absolute Gasteiger partial charge is 0.410 e. The van der Waals surface area contributed by atoms with Crippen molar-refractivity contribution in [3.05, 3.63) is 35.9 Å². The molecule has 0 spiro atoms. The molecule has 4 atom stereocenters. The molecule has 1 amide bonds. The topological polar surface area (TPSA) is 75.8 Å². The predicted molar refractivity (Wildman–Crippen MR) is 104 cm³/mol. The lowest BCUT2D eigenvalue weighted by molar-refractivity contribution is -0.0403. The molecule has 4 unspecified atom stereocenters. The van der Waals surface area contributed by atoms with Crippen LogP contribution >= 0.6 is 0 Å². The van der Waals surface area contributed by atoms with Crippen molar-refractivity contribution in [2.24, 2.45) is 5.73 Å². The summed E-state index contributed by atoms with van der Waals surface area (Å²) in [5, 5.41) is 11.0. The molecule has 146 valence electrons. The first kappa shape index (κ1) is 20.7. The van der Waals surface area contributed by atoms with Gasteiger partial charge in [-0.15, -0.1) is 0 Å². The van der Waals surface area contributed by atoms with E-state index in [-0.39, 0.29) is 18.2 Å². The van der Waals surface area contributed by atoms with Gasteiger partial charge in [-0.3, -0.25) is 4.90 Å². The highest BCUT2D eigenvalue weighted by Crippen LogP contribution is 2.30. The Morgan fingerprint density at radius 3 is 2.54 bits per heavy atom. The van der Waals surface area contributed by atoms with E-state index in [0.29, 0.717) is 6.42 Å². The maximum atomic E-state index is 12.8. The second-order valence-corrected chi connectivity index (χ2v) is 8.29. The standard InChI is InChI=1S/C21H34N2O3/c1-5-16-12-9-13-18(23(16)20(25)26-21(2,3)4)19(24)17(22)14-15-10-7-6-8-11-15/h6-8,10-11,16-19,24H,5,9,12-14,22H2,1-4H3. The Balaban J connectivity index is 2.15. The zero-order valence-electron chi connectivity index (χ0n) is 16.5. The molecule has 1 aromatic rings. The number of ether oxygens (including phenoxy) is 1. The summed E-state index contributed by atoms with van der Waals surface area (Å²) in [5.74, 6) is 0. The highest BCUT2D eigenvalue weighted by molar-refractivity contribution is 5.69. The summed E-state index contributed by atoms with van der Waals surface area (Å²) in [6.45, 7) is 7.66. The number of aliphatic hydroxyl groups excluding tert-OH is 1. The van der Waals surface area contributed by atoms with Crippen LogP contribution < -0.4 is 5.73 Å². The maximum absolute atomic E-state index is 12.8. The molecule has 1 heterocycles. The van der Waals surface area contributed by atoms with Crippen molar-refractivity contribution < 1.29 is 14.6 Å². The van der Waals surface area contributed by atoms with E-state index in [2.05, 4.69) is 6.92 Å². The van der Waals surface area contributed by atoms with E-state index in [1.165, 1.54) is 0 Å². The number of carbonyl (C=O) groups is 1. The molecule has 1 fully saturated rings. The van der Waals surface area contributed by atoms with Crippen LogP contribution in [0.4, 0.5) is 4.79 Å². The molecule has 1 saturated heterocycles. The number of piperidine rings is 1. The van der Waals surface area contributed by atoms with Gasteiger partial charge in [0.2, 0.25) is 0 Å². The van der Waals surface area contributed by atoms with Gasteiger partial charge >= 0.3 is 6.09 Å². The third-order valence-corrected chi connectivity index (χ3v) is 5.01. The lowest BCUT2D eigenvalue weighted by Crippen LogP contribution is -2.59. The monoisotopic (exact) mass is 362 g/mol. The molecular formula is C21H34N2O3. The zero-order valence-corrected chi connectivity index (χ0v) is 16.5. The van der Waals surface area contributed by atoms with E-state index in [1.807, 2.05) is 51.1 Å². The fraction of sp³-hybridized carbons (Fsp3) is 0.667. The molecule has 5 nitrogen and oxygen atoms in total. The van der Waals surface area contributed by atoms with Gasteiger partial charge in [-0.25, -0.2) is 4.79 Å². The van der Waals surface area contributed by atoms with Crippen LogP contribution in [0.1, 0.15) is 58.9 Å². The number of nitrogens with zero attached hydrogens (tertiary/aromatic N) is 1. The number of likely N-dealkylation sites (tertiary alicyclic amines) is 1. The number of hydrogen-bond acceptors (Lipinski definition) is 4. The van der Waals surface area contributed by atoms with Crippen molar-refractivity contribution in [3.63, 3.8) is 0 Å². The quantitative estimate of drug-likeness (QED) is 0.841. The average Bonchev–Trinajstić information content (AvgIpc) is 2.59. The fourth-order valence-electron chi connectivity index (χ4n) is 3.74. The van der Waals surface area contributed by atoms with Gasteiger partial charge in [-0.05, 0) is 58.4 Å². The van der Waals surface area contributed by atoms with Crippen LogP contribution in [0.25, 0.3) is 0 Å². The summed E-state index contributed by atoms with van der Waals surface area (Å²) in [7, 11) is 0. The Kier molecular flexibility index (Phi) is 7.07. The van der Waals surface area contributed by atoms with Crippen LogP contribution in [0.3, 0.4) is 0 Å². The van der Waals surface area contributed by atoms with Gasteiger partial charge in [0, 0.05) is 12.1 Å². The normalized spacial score (nSPS) is 23.4. The molecule has 0 aliphatic carbocycles. The van der Waals surface area contributed by atoms with Crippen molar-refractivity contribution >= 4 is 6.09 Å². The number of amides is 1. The van der Waals surface area contributed by atoms with E-state index in [9.17, 15) is 9.90 Å². The molecule has 2 rings (SSSR count). The SMILES string of the molecule is CCC1CCCC(C(O)C(N)Cc2ccccc2)N1C(=O)OC(C)(C)C. The third-order valence-electron chi connectivity index (χ3n) is 5.01. The second-order valence-electron chi connectivity index (χ2n) is 8.29. The van der Waals surface area contributed by atoms with Gasteiger partial charge in [-0.1, -0.05) is 37.3 Å². The first-order valence-corrected chi connectivity index (χ1v) is 9.71. The van der Waals surface area contributed by atoms with Crippen molar-refractivity contribution in [3.8, 4) is 0 Å². The Bertz CT molecular complexity index is 570. The van der Waals surface area contributed by atoms with Crippen LogP contribution in [-0.4, -0.2) is 45.9 Å². The Morgan fingerprint density at radius 2 is 1.96 bits per heavy atom. The Labute approximate surface area is 157 Å². The Hall–Kier alpha value is -1.59. The van der Waals surface area contributed by atoms with Crippen LogP contribution in [0.2, 0.25) is 0 Å².